The van der Waals surface area contributed by atoms with Gasteiger partial charge in [0.25, 0.3) is 0 Å². The van der Waals surface area contributed by atoms with Gasteiger partial charge in [-0.3, -0.25) is 0 Å². The molecule has 1 atom stereocenters. The van der Waals surface area contributed by atoms with Gasteiger partial charge in [-0.2, -0.15) is 0 Å². The predicted molar refractivity (Wildman–Crippen MR) is 70.3 cm³/mol. The van der Waals surface area contributed by atoms with Crippen molar-refractivity contribution in [3.05, 3.63) is 35.9 Å². The molecule has 0 heterocycles. The fraction of sp³-hybridized carbons (Fsp3) is 0.571. The van der Waals surface area contributed by atoms with Crippen LogP contribution < -0.4 is 0 Å². The first-order valence-electron chi connectivity index (χ1n) is 6.36. The average Bonchev–Trinajstić information content (AvgIpc) is 2.42. The minimum Gasteiger partial charge on any atom is -0.377 e. The van der Waals surface area contributed by atoms with Crippen LogP contribution in [0.2, 0.25) is 0 Å². The molecule has 1 rings (SSSR count). The molecular weight excluding hydrogens is 248 g/mol. The Morgan fingerprint density at radius 1 is 1.05 bits per heavy atom. The summed E-state index contributed by atoms with van der Waals surface area (Å²) < 4.78 is 15.4. The Balaban J connectivity index is 1.97. The zero-order chi connectivity index (χ0) is 13.9. The van der Waals surface area contributed by atoms with E-state index in [9.17, 15) is 0 Å². The first-order valence-corrected chi connectivity index (χ1v) is 6.36. The fourth-order valence-corrected chi connectivity index (χ4v) is 1.55. The molecule has 0 unspecified atom stereocenters. The van der Waals surface area contributed by atoms with Gasteiger partial charge < -0.3 is 24.4 Å². The molecule has 0 aliphatic carbocycles. The molecule has 0 bridgehead atoms. The molecule has 0 aliphatic rings. The zero-order valence-electron chi connectivity index (χ0n) is 11.2. The Hall–Kier alpha value is -0.980. The Morgan fingerprint density at radius 3 is 2.37 bits per heavy atom. The largest absolute Gasteiger partial charge is 0.377 e. The minimum atomic E-state index is -1.61. The summed E-state index contributed by atoms with van der Waals surface area (Å²) in [6, 6.07) is 9.99. The Bertz CT molecular complexity index is 315. The summed E-state index contributed by atoms with van der Waals surface area (Å²) in [7, 11) is 1.37. The number of hydrogen-bond acceptors (Lipinski definition) is 5. The zero-order valence-corrected chi connectivity index (χ0v) is 11.2. The van der Waals surface area contributed by atoms with Crippen LogP contribution in [-0.4, -0.2) is 43.1 Å². The second-order valence-electron chi connectivity index (χ2n) is 4.13. The lowest BCUT2D eigenvalue weighted by atomic mass is 10.2. The molecule has 0 fully saturated rings. The molecule has 5 heteroatoms. The summed E-state index contributed by atoms with van der Waals surface area (Å²) in [5, 5.41) is 17.7. The van der Waals surface area contributed by atoms with Crippen molar-refractivity contribution in [3.63, 3.8) is 0 Å². The van der Waals surface area contributed by atoms with Crippen molar-refractivity contribution in [1.29, 1.82) is 0 Å². The lowest BCUT2D eigenvalue weighted by Crippen LogP contribution is -2.30. The smallest absolute Gasteiger partial charge is 0.208 e. The highest BCUT2D eigenvalue weighted by atomic mass is 16.7. The van der Waals surface area contributed by atoms with Crippen LogP contribution in [0.4, 0.5) is 0 Å². The van der Waals surface area contributed by atoms with E-state index in [0.29, 0.717) is 19.8 Å². The number of unbranched alkanes of at least 4 members (excludes halogenated alkanes) is 1. The molecule has 0 aromatic heterocycles. The van der Waals surface area contributed by atoms with Crippen molar-refractivity contribution in [2.45, 2.75) is 32.0 Å². The third kappa shape index (κ3) is 7.25. The molecule has 108 valence electrons. The van der Waals surface area contributed by atoms with Crippen LogP contribution >= 0.6 is 0 Å². The number of benzene rings is 1. The number of ether oxygens (including phenoxy) is 3. The van der Waals surface area contributed by atoms with Crippen molar-refractivity contribution in [2.75, 3.05) is 20.3 Å². The molecule has 0 amide bonds. The van der Waals surface area contributed by atoms with Crippen LogP contribution in [0.5, 0.6) is 0 Å². The van der Waals surface area contributed by atoms with Gasteiger partial charge in [-0.05, 0) is 18.4 Å². The highest BCUT2D eigenvalue weighted by Gasteiger charge is 2.15. The quantitative estimate of drug-likeness (QED) is 0.495. The van der Waals surface area contributed by atoms with E-state index in [-0.39, 0.29) is 0 Å². The Morgan fingerprint density at radius 2 is 1.74 bits per heavy atom. The van der Waals surface area contributed by atoms with Gasteiger partial charge >= 0.3 is 0 Å². The number of aliphatic hydroxyl groups is 2. The van der Waals surface area contributed by atoms with E-state index in [1.54, 1.807) is 0 Å². The molecule has 0 radical (unpaired) electrons. The monoisotopic (exact) mass is 270 g/mol. The van der Waals surface area contributed by atoms with E-state index >= 15 is 0 Å². The maximum Gasteiger partial charge on any atom is 0.208 e. The first-order chi connectivity index (χ1) is 9.24. The predicted octanol–water partition coefficient (Wildman–Crippen LogP) is 1.28. The number of methoxy groups -OCH3 is 1. The average molecular weight is 270 g/mol. The van der Waals surface area contributed by atoms with Crippen molar-refractivity contribution >= 4 is 0 Å². The van der Waals surface area contributed by atoms with Gasteiger partial charge in [0, 0.05) is 13.7 Å². The standard InChI is InChI=1S/C14H22O5/c1-17-14(13(15)16)19-10-6-5-9-18-11-12-7-3-2-4-8-12/h2-4,7-8,13-16H,5-6,9-11H2,1H3/t14-/m0/s1. The van der Waals surface area contributed by atoms with Crippen LogP contribution in [0.15, 0.2) is 30.3 Å². The molecule has 1 aromatic rings. The molecule has 19 heavy (non-hydrogen) atoms. The Labute approximate surface area is 113 Å². The van der Waals surface area contributed by atoms with Crippen LogP contribution in [0.3, 0.4) is 0 Å². The molecule has 0 spiro atoms. The number of aliphatic hydroxyl groups excluding tert-OH is 1. The van der Waals surface area contributed by atoms with Gasteiger partial charge in [0.15, 0.2) is 0 Å². The minimum absolute atomic E-state index is 0.408. The van der Waals surface area contributed by atoms with Crippen LogP contribution in [0.1, 0.15) is 18.4 Å². The molecular formula is C14H22O5. The topological polar surface area (TPSA) is 68.2 Å². The summed E-state index contributed by atoms with van der Waals surface area (Å²) in [5.74, 6) is 0. The summed E-state index contributed by atoms with van der Waals surface area (Å²) in [5.41, 5.74) is 1.15. The van der Waals surface area contributed by atoms with Crippen molar-refractivity contribution in [2.24, 2.45) is 0 Å². The van der Waals surface area contributed by atoms with Crippen molar-refractivity contribution < 1.29 is 24.4 Å². The van der Waals surface area contributed by atoms with Crippen LogP contribution in [0, 0.1) is 0 Å². The van der Waals surface area contributed by atoms with Gasteiger partial charge in [0.05, 0.1) is 13.2 Å². The molecule has 0 saturated heterocycles. The van der Waals surface area contributed by atoms with E-state index in [1.807, 2.05) is 30.3 Å². The second kappa shape index (κ2) is 9.89. The summed E-state index contributed by atoms with van der Waals surface area (Å²) in [6.45, 7) is 1.67. The van der Waals surface area contributed by atoms with Gasteiger partial charge in [-0.1, -0.05) is 30.3 Å². The van der Waals surface area contributed by atoms with E-state index < -0.39 is 12.6 Å². The summed E-state index contributed by atoms with van der Waals surface area (Å²) in [6.07, 6.45) is -0.962. The van der Waals surface area contributed by atoms with E-state index in [0.717, 1.165) is 18.4 Å². The van der Waals surface area contributed by atoms with E-state index in [1.165, 1.54) is 7.11 Å². The van der Waals surface area contributed by atoms with Crippen LogP contribution in [-0.2, 0) is 20.8 Å². The Kier molecular flexibility index (Phi) is 8.36. The first kappa shape index (κ1) is 16.1. The molecule has 1 aromatic carbocycles. The maximum atomic E-state index is 8.86. The van der Waals surface area contributed by atoms with Crippen molar-refractivity contribution in [1.82, 2.24) is 0 Å². The summed E-state index contributed by atoms with van der Waals surface area (Å²) in [4.78, 5) is 0. The normalized spacial score (nSPS) is 12.8. The number of rotatable bonds is 10. The van der Waals surface area contributed by atoms with Gasteiger partial charge in [-0.25, -0.2) is 0 Å². The highest BCUT2D eigenvalue weighted by Crippen LogP contribution is 2.03. The maximum absolute atomic E-state index is 8.86. The van der Waals surface area contributed by atoms with Crippen LogP contribution in [0.25, 0.3) is 0 Å². The van der Waals surface area contributed by atoms with Gasteiger partial charge in [0.1, 0.15) is 0 Å². The second-order valence-corrected chi connectivity index (χ2v) is 4.13. The van der Waals surface area contributed by atoms with Gasteiger partial charge in [-0.15, -0.1) is 0 Å². The third-order valence-corrected chi connectivity index (χ3v) is 2.55. The lowest BCUT2D eigenvalue weighted by Gasteiger charge is -2.17. The van der Waals surface area contributed by atoms with E-state index in [2.05, 4.69) is 0 Å². The fourth-order valence-electron chi connectivity index (χ4n) is 1.55. The molecule has 5 nitrogen and oxygen atoms in total. The lowest BCUT2D eigenvalue weighted by molar-refractivity contribution is -0.244. The summed E-state index contributed by atoms with van der Waals surface area (Å²) >= 11 is 0. The van der Waals surface area contributed by atoms with E-state index in [4.69, 9.17) is 24.4 Å². The molecule has 0 saturated carbocycles. The number of hydrogen-bond donors (Lipinski definition) is 2. The van der Waals surface area contributed by atoms with Gasteiger partial charge in [0.2, 0.25) is 12.6 Å². The van der Waals surface area contributed by atoms with Crippen molar-refractivity contribution in [3.8, 4) is 0 Å². The SMILES string of the molecule is CO[C@@H](OCCCCOCc1ccccc1)C(O)O. The third-order valence-electron chi connectivity index (χ3n) is 2.55. The molecule has 2 N–H and O–H groups in total. The highest BCUT2D eigenvalue weighted by molar-refractivity contribution is 5.13. The molecule has 0 aliphatic heterocycles.